The molecule has 0 aliphatic carbocycles. The molecule has 9 nitrogen and oxygen atoms in total. The number of rotatable bonds is 4. The summed E-state index contributed by atoms with van der Waals surface area (Å²) in [5.74, 6) is -1.08. The van der Waals surface area contributed by atoms with Gasteiger partial charge in [0.1, 0.15) is 23.8 Å². The van der Waals surface area contributed by atoms with E-state index in [4.69, 9.17) is 0 Å². The summed E-state index contributed by atoms with van der Waals surface area (Å²) in [6.45, 7) is 4.16. The number of hydrogen-bond donors (Lipinski definition) is 2. The van der Waals surface area contributed by atoms with Gasteiger partial charge in [0, 0.05) is 38.3 Å². The molecule has 12 heteroatoms. The third-order valence-electron chi connectivity index (χ3n) is 9.01. The average Bonchev–Trinajstić information content (AvgIpc) is 3.36. The fourth-order valence-electron chi connectivity index (χ4n) is 6.87. The molecule has 2 fully saturated rings. The molecule has 0 bridgehead atoms. The van der Waals surface area contributed by atoms with Crippen molar-refractivity contribution in [3.05, 3.63) is 58.7 Å². The minimum absolute atomic E-state index is 0.171. The van der Waals surface area contributed by atoms with E-state index in [-0.39, 0.29) is 31.2 Å². The molecule has 3 amide bonds. The normalized spacial score (nSPS) is 28.8. The van der Waals surface area contributed by atoms with Crippen LogP contribution in [0.1, 0.15) is 65.6 Å². The summed E-state index contributed by atoms with van der Waals surface area (Å²) in [5, 5.41) is 14.4. The molecule has 2 aromatic rings. The van der Waals surface area contributed by atoms with Crippen molar-refractivity contribution >= 4 is 17.7 Å². The number of hydrogen-bond acceptors (Lipinski definition) is 6. The van der Waals surface area contributed by atoms with Crippen LogP contribution in [-0.4, -0.2) is 56.7 Å². The molecular weight excluding hydrogens is 515 g/mol. The van der Waals surface area contributed by atoms with E-state index in [1.807, 2.05) is 11.5 Å². The molecule has 2 aromatic heterocycles. The van der Waals surface area contributed by atoms with Crippen LogP contribution in [0.5, 0.6) is 0 Å². The molecule has 3 atom stereocenters. The highest BCUT2D eigenvalue weighted by atomic mass is 19.4. The number of alkyl halides is 3. The zero-order valence-corrected chi connectivity index (χ0v) is 21.4. The van der Waals surface area contributed by atoms with Gasteiger partial charge in [0.2, 0.25) is 23.2 Å². The van der Waals surface area contributed by atoms with Gasteiger partial charge in [-0.3, -0.25) is 29.6 Å². The molecule has 0 radical (unpaired) electrons. The summed E-state index contributed by atoms with van der Waals surface area (Å²) < 4.78 is 40.8. The second-order valence-corrected chi connectivity index (χ2v) is 11.1. The molecule has 39 heavy (non-hydrogen) atoms. The molecule has 2 saturated heterocycles. The van der Waals surface area contributed by atoms with Crippen molar-refractivity contribution in [2.75, 3.05) is 13.1 Å². The number of piperidine rings is 2. The number of amides is 3. The summed E-state index contributed by atoms with van der Waals surface area (Å²) in [5.41, 5.74) is -0.0111. The Bertz CT molecular complexity index is 1380. The number of likely N-dealkylation sites (tertiary alicyclic amines) is 1. The van der Waals surface area contributed by atoms with Gasteiger partial charge in [-0.05, 0) is 37.0 Å². The summed E-state index contributed by atoms with van der Waals surface area (Å²) >= 11 is 0. The van der Waals surface area contributed by atoms with E-state index in [9.17, 15) is 32.7 Å². The van der Waals surface area contributed by atoms with Crippen LogP contribution in [0.3, 0.4) is 0 Å². The highest BCUT2D eigenvalue weighted by Gasteiger charge is 2.65. The fraction of sp³-hybridized carbons (Fsp3) is 0.519. The lowest BCUT2D eigenvalue weighted by Gasteiger charge is -2.46. The van der Waals surface area contributed by atoms with Gasteiger partial charge in [0.15, 0.2) is 12.1 Å². The van der Waals surface area contributed by atoms with E-state index >= 15 is 0 Å². The summed E-state index contributed by atoms with van der Waals surface area (Å²) in [4.78, 5) is 44.6. The molecule has 3 unspecified atom stereocenters. The first-order chi connectivity index (χ1) is 18.5. The van der Waals surface area contributed by atoms with Crippen molar-refractivity contribution in [2.24, 2.45) is 5.41 Å². The highest BCUT2D eigenvalue weighted by Crippen LogP contribution is 2.52. The third kappa shape index (κ3) is 3.95. The smallest absolute Gasteiger partial charge is 0.378 e. The Labute approximate surface area is 222 Å². The second kappa shape index (κ2) is 8.82. The topological polar surface area (TPSA) is 107 Å². The van der Waals surface area contributed by atoms with E-state index in [0.717, 1.165) is 17.5 Å². The van der Waals surface area contributed by atoms with Crippen LogP contribution < -0.4 is 9.88 Å². The molecule has 4 aliphatic rings. The largest absolute Gasteiger partial charge is 0.433 e. The maximum absolute atomic E-state index is 13.3. The number of carbonyl (C=O) groups excluding carboxylic acids is 3. The monoisotopic (exact) mass is 544 g/mol. The predicted octanol–water partition coefficient (Wildman–Crippen LogP) is 1.65. The Balaban J connectivity index is 1.26. The van der Waals surface area contributed by atoms with Gasteiger partial charge in [-0.2, -0.15) is 17.7 Å². The van der Waals surface area contributed by atoms with E-state index in [2.05, 4.69) is 15.2 Å². The number of pyridine rings is 2. The zero-order valence-electron chi connectivity index (χ0n) is 21.4. The van der Waals surface area contributed by atoms with Gasteiger partial charge >= 0.3 is 6.18 Å². The maximum atomic E-state index is 13.3. The van der Waals surface area contributed by atoms with Gasteiger partial charge in [-0.25, -0.2) is 0 Å². The van der Waals surface area contributed by atoms with Crippen LogP contribution in [0.2, 0.25) is 0 Å². The number of aliphatic hydroxyl groups is 1. The first kappa shape index (κ1) is 25.9. The second-order valence-electron chi connectivity index (χ2n) is 11.1. The Morgan fingerprint density at radius 1 is 1.21 bits per heavy atom. The summed E-state index contributed by atoms with van der Waals surface area (Å²) in [6.07, 6.45) is -1.72. The van der Waals surface area contributed by atoms with Crippen molar-refractivity contribution in [3.8, 4) is 0 Å². The predicted molar refractivity (Wildman–Crippen MR) is 128 cm³/mol. The lowest BCUT2D eigenvalue weighted by Crippen LogP contribution is -2.56. The van der Waals surface area contributed by atoms with Crippen LogP contribution >= 0.6 is 0 Å². The fourth-order valence-corrected chi connectivity index (χ4v) is 6.87. The number of halogens is 3. The van der Waals surface area contributed by atoms with Gasteiger partial charge in [0.05, 0.1) is 5.41 Å². The van der Waals surface area contributed by atoms with Crippen LogP contribution in [0.25, 0.3) is 0 Å². The molecule has 0 spiro atoms. The van der Waals surface area contributed by atoms with Gasteiger partial charge in [-0.15, -0.1) is 0 Å². The summed E-state index contributed by atoms with van der Waals surface area (Å²) in [6, 6.07) is 5.23. The van der Waals surface area contributed by atoms with E-state index < -0.39 is 34.8 Å². The number of carbonyl (C=O) groups is 3. The molecule has 0 aromatic carbocycles. The SMILES string of the molecule is CCC12CN(Cc3ccc(C(F)(F)F)nc3)CCC1(O)c1ccc3c([n+]1C2)CN(C1CCC(=O)NC1=O)C3=O. The summed E-state index contributed by atoms with van der Waals surface area (Å²) in [7, 11) is 0. The van der Waals surface area contributed by atoms with Crippen LogP contribution in [0, 0.1) is 5.41 Å². The molecule has 4 aliphatic heterocycles. The molecule has 2 N–H and O–H groups in total. The van der Waals surface area contributed by atoms with Crippen molar-refractivity contribution in [1.82, 2.24) is 20.1 Å². The van der Waals surface area contributed by atoms with Crippen LogP contribution in [0.15, 0.2) is 30.5 Å². The molecule has 6 heterocycles. The van der Waals surface area contributed by atoms with Crippen LogP contribution in [0.4, 0.5) is 13.2 Å². The lowest BCUT2D eigenvalue weighted by atomic mass is 9.66. The van der Waals surface area contributed by atoms with Gasteiger partial charge < -0.3 is 10.0 Å². The highest BCUT2D eigenvalue weighted by molar-refractivity contribution is 6.05. The van der Waals surface area contributed by atoms with Crippen molar-refractivity contribution in [2.45, 2.75) is 70.1 Å². The number of aromatic nitrogens is 2. The molecule has 0 saturated carbocycles. The third-order valence-corrected chi connectivity index (χ3v) is 9.01. The van der Waals surface area contributed by atoms with E-state index in [0.29, 0.717) is 50.1 Å². The minimum Gasteiger partial charge on any atom is -0.378 e. The maximum Gasteiger partial charge on any atom is 0.433 e. The Kier molecular flexibility index (Phi) is 5.85. The van der Waals surface area contributed by atoms with Crippen molar-refractivity contribution in [3.63, 3.8) is 0 Å². The first-order valence-electron chi connectivity index (χ1n) is 13.1. The van der Waals surface area contributed by atoms with Crippen LogP contribution in [-0.2, 0) is 41.0 Å². The number of nitrogens with one attached hydrogen (secondary N) is 1. The molecular formula is C27H29F3N5O4+. The minimum atomic E-state index is -4.49. The zero-order chi connectivity index (χ0) is 27.7. The van der Waals surface area contributed by atoms with Crippen molar-refractivity contribution < 1.29 is 37.2 Å². The molecule has 206 valence electrons. The standard InChI is InChI=1S/C27H28F3N5O4/c1-2-25-14-33(12-16-3-6-20(31-11-16)27(28,29)30)10-9-26(25,39)21-7-4-17-19(35(21)15-25)13-34(24(17)38)18-5-8-22(36)32-23(18)37/h3-4,6-7,11,18,39H,2,5,8-10,12-15H2,1H3/p+1. The number of fused-ring (bicyclic) bond motifs is 5. The quantitative estimate of drug-likeness (QED) is 0.448. The van der Waals surface area contributed by atoms with Gasteiger partial charge in [0.25, 0.3) is 5.91 Å². The first-order valence-corrected chi connectivity index (χ1v) is 13.1. The molecule has 6 rings (SSSR count). The van der Waals surface area contributed by atoms with E-state index in [1.165, 1.54) is 17.2 Å². The Morgan fingerprint density at radius 3 is 2.67 bits per heavy atom. The number of imide groups is 1. The lowest BCUT2D eigenvalue weighted by molar-refractivity contribution is -0.706. The average molecular weight is 545 g/mol. The number of nitrogens with zero attached hydrogens (tertiary/aromatic N) is 4. The Morgan fingerprint density at radius 2 is 2.00 bits per heavy atom. The van der Waals surface area contributed by atoms with Gasteiger partial charge in [-0.1, -0.05) is 13.0 Å². The van der Waals surface area contributed by atoms with Crippen molar-refractivity contribution in [1.29, 1.82) is 0 Å². The Hall–Kier alpha value is -3.38. The van der Waals surface area contributed by atoms with E-state index in [1.54, 1.807) is 12.1 Å².